The van der Waals surface area contributed by atoms with Crippen LogP contribution in [0.3, 0.4) is 0 Å². The molecule has 6 nitrogen and oxygen atoms in total. The van der Waals surface area contributed by atoms with Crippen LogP contribution in [0.25, 0.3) is 0 Å². The van der Waals surface area contributed by atoms with Crippen molar-refractivity contribution in [1.29, 1.82) is 0 Å². The fourth-order valence-corrected chi connectivity index (χ4v) is 2.21. The third-order valence-electron chi connectivity index (χ3n) is 2.05. The average molecular weight is 245 g/mol. The lowest BCUT2D eigenvalue weighted by Gasteiger charge is -2.11. The maximum absolute atomic E-state index is 11.6. The number of carbonyl (C=O) groups is 1. The molecule has 0 aliphatic carbocycles. The Labute approximate surface area is 92.2 Å². The van der Waals surface area contributed by atoms with Gasteiger partial charge in [-0.3, -0.25) is 0 Å². The van der Waals surface area contributed by atoms with Crippen molar-refractivity contribution in [3.8, 4) is 0 Å². The summed E-state index contributed by atoms with van der Waals surface area (Å²) in [5, 5.41) is 17.9. The predicted octanol–water partition coefficient (Wildman–Crippen LogP) is 0.0790. The molecule has 16 heavy (non-hydrogen) atoms. The van der Waals surface area contributed by atoms with Crippen LogP contribution in [0, 0.1) is 0 Å². The molecule has 4 N–H and O–H groups in total. The van der Waals surface area contributed by atoms with E-state index in [1.54, 1.807) is 0 Å². The van der Waals surface area contributed by atoms with Crippen molar-refractivity contribution >= 4 is 21.5 Å². The molecule has 1 atom stereocenters. The first kappa shape index (κ1) is 12.5. The number of nitrogen functional groups attached to an aromatic ring is 1. The van der Waals surface area contributed by atoms with E-state index in [1.807, 2.05) is 0 Å². The van der Waals surface area contributed by atoms with Crippen molar-refractivity contribution in [3.63, 3.8) is 0 Å². The molecule has 7 heteroatoms. The Morgan fingerprint density at radius 1 is 1.44 bits per heavy atom. The monoisotopic (exact) mass is 245 g/mol. The van der Waals surface area contributed by atoms with E-state index in [1.165, 1.54) is 12.1 Å². The summed E-state index contributed by atoms with van der Waals surface area (Å²) in [6, 6.07) is 3.61. The number of aliphatic hydroxyl groups is 1. The fourth-order valence-electron chi connectivity index (χ4n) is 1.16. The first-order valence-corrected chi connectivity index (χ1v) is 5.87. The van der Waals surface area contributed by atoms with Crippen LogP contribution in [-0.2, 0) is 9.84 Å². The molecule has 0 fully saturated rings. The van der Waals surface area contributed by atoms with Gasteiger partial charge in [-0.1, -0.05) is 6.07 Å². The topological polar surface area (TPSA) is 118 Å². The molecule has 0 heterocycles. The van der Waals surface area contributed by atoms with Crippen molar-refractivity contribution in [2.75, 3.05) is 5.73 Å². The summed E-state index contributed by atoms with van der Waals surface area (Å²) in [5.74, 6) is -1.32. The van der Waals surface area contributed by atoms with Crippen molar-refractivity contribution in [3.05, 3.63) is 23.8 Å². The van der Waals surface area contributed by atoms with Crippen LogP contribution >= 0.6 is 0 Å². The van der Waals surface area contributed by atoms with Crippen LogP contribution in [0.1, 0.15) is 17.3 Å². The zero-order chi connectivity index (χ0) is 12.5. The van der Waals surface area contributed by atoms with Gasteiger partial charge in [-0.15, -0.1) is 0 Å². The number of aliphatic hydroxyl groups excluding tert-OH is 1. The molecule has 0 aromatic heterocycles. The predicted molar refractivity (Wildman–Crippen MR) is 56.7 cm³/mol. The SMILES string of the molecule is CC(O)S(=O)(=O)c1cccc(C(=O)O)c1N. The molecule has 1 unspecified atom stereocenters. The second-order valence-corrected chi connectivity index (χ2v) is 5.38. The summed E-state index contributed by atoms with van der Waals surface area (Å²) in [6.45, 7) is 1.07. The smallest absolute Gasteiger partial charge is 0.337 e. The number of nitrogens with two attached hydrogens (primary N) is 1. The number of carboxylic acids is 1. The van der Waals surface area contributed by atoms with E-state index >= 15 is 0 Å². The lowest BCUT2D eigenvalue weighted by molar-refractivity contribution is 0.0698. The van der Waals surface area contributed by atoms with Gasteiger partial charge in [0.2, 0.25) is 9.84 Å². The Balaban J connectivity index is 3.49. The number of anilines is 1. The van der Waals surface area contributed by atoms with E-state index in [2.05, 4.69) is 0 Å². The maximum atomic E-state index is 11.6. The van der Waals surface area contributed by atoms with Gasteiger partial charge in [0.25, 0.3) is 0 Å². The minimum atomic E-state index is -4.00. The van der Waals surface area contributed by atoms with Gasteiger partial charge < -0.3 is 15.9 Å². The zero-order valence-corrected chi connectivity index (χ0v) is 9.23. The highest BCUT2D eigenvalue weighted by Gasteiger charge is 2.25. The van der Waals surface area contributed by atoms with Gasteiger partial charge in [0.05, 0.1) is 16.1 Å². The summed E-state index contributed by atoms with van der Waals surface area (Å²) >= 11 is 0. The fraction of sp³-hybridized carbons (Fsp3) is 0.222. The molecule has 0 saturated carbocycles. The van der Waals surface area contributed by atoms with E-state index in [0.717, 1.165) is 13.0 Å². The van der Waals surface area contributed by atoms with Crippen LogP contribution in [0.2, 0.25) is 0 Å². The van der Waals surface area contributed by atoms with Crippen molar-refractivity contribution in [2.45, 2.75) is 17.3 Å². The molecule has 0 saturated heterocycles. The number of hydrogen-bond acceptors (Lipinski definition) is 5. The Hall–Kier alpha value is -1.60. The lowest BCUT2D eigenvalue weighted by atomic mass is 10.2. The van der Waals surface area contributed by atoms with Crippen LogP contribution in [0.5, 0.6) is 0 Å². The number of sulfone groups is 1. The highest BCUT2D eigenvalue weighted by Crippen LogP contribution is 2.25. The molecule has 0 spiro atoms. The number of benzene rings is 1. The summed E-state index contributed by atoms with van der Waals surface area (Å²) in [5.41, 5.74) is 3.13. The minimum absolute atomic E-state index is 0.304. The van der Waals surface area contributed by atoms with E-state index in [-0.39, 0.29) is 16.1 Å². The van der Waals surface area contributed by atoms with Gasteiger partial charge in [0, 0.05) is 0 Å². The Bertz CT molecular complexity index is 521. The first-order valence-electron chi connectivity index (χ1n) is 4.32. The first-order chi connectivity index (χ1) is 7.28. The van der Waals surface area contributed by atoms with Gasteiger partial charge in [-0.25, -0.2) is 13.2 Å². The molecule has 1 aromatic carbocycles. The average Bonchev–Trinajstić information content (AvgIpc) is 2.16. The van der Waals surface area contributed by atoms with Gasteiger partial charge in [-0.2, -0.15) is 0 Å². The van der Waals surface area contributed by atoms with Gasteiger partial charge in [-0.05, 0) is 19.1 Å². The standard InChI is InChI=1S/C9H11NO5S/c1-5(11)16(14,15)7-4-2-3-6(8(7)10)9(12)13/h2-5,11H,10H2,1H3,(H,12,13). The molecule has 0 bridgehead atoms. The highest BCUT2D eigenvalue weighted by atomic mass is 32.2. The van der Waals surface area contributed by atoms with E-state index in [9.17, 15) is 13.2 Å². The molecule has 0 amide bonds. The normalized spacial score (nSPS) is 13.4. The number of aromatic carboxylic acids is 1. The van der Waals surface area contributed by atoms with Crippen molar-refractivity contribution in [2.24, 2.45) is 0 Å². The summed E-state index contributed by atoms with van der Waals surface area (Å²) in [7, 11) is -4.00. The quantitative estimate of drug-likeness (QED) is 0.649. The van der Waals surface area contributed by atoms with E-state index in [0.29, 0.717) is 0 Å². The highest BCUT2D eigenvalue weighted by molar-refractivity contribution is 7.92. The zero-order valence-electron chi connectivity index (χ0n) is 8.41. The van der Waals surface area contributed by atoms with Crippen LogP contribution in [-0.4, -0.2) is 30.0 Å². The van der Waals surface area contributed by atoms with Crippen molar-refractivity contribution < 1.29 is 23.4 Å². The molecule has 88 valence electrons. The second kappa shape index (κ2) is 4.11. The number of carboxylic acid groups (broad SMARTS) is 1. The molecule has 0 aliphatic heterocycles. The molecular formula is C9H11NO5S. The third kappa shape index (κ3) is 2.00. The molecule has 1 rings (SSSR count). The Morgan fingerprint density at radius 2 is 2.00 bits per heavy atom. The van der Waals surface area contributed by atoms with Gasteiger partial charge in [0.15, 0.2) is 5.44 Å². The molecule has 0 radical (unpaired) electrons. The summed E-state index contributed by atoms with van der Waals surface area (Å²) in [6.07, 6.45) is 0. The Morgan fingerprint density at radius 3 is 2.44 bits per heavy atom. The second-order valence-electron chi connectivity index (χ2n) is 3.17. The lowest BCUT2D eigenvalue weighted by Crippen LogP contribution is -2.19. The third-order valence-corrected chi connectivity index (χ3v) is 3.92. The van der Waals surface area contributed by atoms with E-state index in [4.69, 9.17) is 15.9 Å². The summed E-state index contributed by atoms with van der Waals surface area (Å²) < 4.78 is 23.2. The minimum Gasteiger partial charge on any atom is -0.478 e. The van der Waals surface area contributed by atoms with Crippen LogP contribution < -0.4 is 5.73 Å². The molecular weight excluding hydrogens is 234 g/mol. The number of para-hydroxylation sites is 1. The largest absolute Gasteiger partial charge is 0.478 e. The van der Waals surface area contributed by atoms with Crippen molar-refractivity contribution in [1.82, 2.24) is 0 Å². The number of rotatable bonds is 3. The van der Waals surface area contributed by atoms with Crippen LogP contribution in [0.15, 0.2) is 23.1 Å². The van der Waals surface area contributed by atoms with Gasteiger partial charge >= 0.3 is 5.97 Å². The van der Waals surface area contributed by atoms with Gasteiger partial charge in [0.1, 0.15) is 0 Å². The summed E-state index contributed by atoms with van der Waals surface area (Å²) in [4.78, 5) is 10.4. The maximum Gasteiger partial charge on any atom is 0.337 e. The number of hydrogen-bond donors (Lipinski definition) is 3. The van der Waals surface area contributed by atoms with Crippen LogP contribution in [0.4, 0.5) is 5.69 Å². The molecule has 0 aliphatic rings. The molecule has 1 aromatic rings. The Kier molecular flexibility index (Phi) is 3.20. The van der Waals surface area contributed by atoms with E-state index < -0.39 is 21.2 Å².